The van der Waals surface area contributed by atoms with Gasteiger partial charge in [0, 0.05) is 25.1 Å². The van der Waals surface area contributed by atoms with E-state index in [9.17, 15) is 19.8 Å². The molecule has 0 aliphatic carbocycles. The van der Waals surface area contributed by atoms with Crippen LogP contribution in [0.4, 0.5) is 0 Å². The normalized spacial score (nSPS) is 13.2. The van der Waals surface area contributed by atoms with Crippen molar-refractivity contribution in [3.05, 3.63) is 48.0 Å². The number of rotatable bonds is 8. The molecule has 0 spiro atoms. The summed E-state index contributed by atoms with van der Waals surface area (Å²) in [4.78, 5) is 30.0. The van der Waals surface area contributed by atoms with Crippen LogP contribution in [0.1, 0.15) is 17.7 Å². The van der Waals surface area contributed by atoms with Crippen LogP contribution < -0.4 is 11.1 Å². The second-order valence-electron chi connectivity index (χ2n) is 5.56. The molecule has 1 heterocycles. The number of aliphatic carboxylic acids is 1. The van der Waals surface area contributed by atoms with Gasteiger partial charge in [0.05, 0.1) is 12.0 Å². The number of aromatic amines is 1. The van der Waals surface area contributed by atoms with E-state index in [0.717, 1.165) is 5.56 Å². The minimum Gasteiger partial charge on any atom is -0.508 e. The third-order valence-electron chi connectivity index (χ3n) is 3.48. The van der Waals surface area contributed by atoms with Crippen molar-refractivity contribution < 1.29 is 19.8 Å². The number of aromatic hydroxyl groups is 1. The smallest absolute Gasteiger partial charge is 0.326 e. The fourth-order valence-electron chi connectivity index (χ4n) is 2.31. The lowest BCUT2D eigenvalue weighted by Crippen LogP contribution is -2.44. The molecule has 8 heteroatoms. The SMILES string of the molecule is N[C@H](CC(=O)N[C@H](Cc1c[nH]cn1)C(=O)O)Cc1ccc(O)cc1. The fraction of sp³-hybridized carbons (Fsp3) is 0.312. The van der Waals surface area contributed by atoms with E-state index in [1.165, 1.54) is 6.33 Å². The molecule has 0 aliphatic heterocycles. The molecule has 0 fully saturated rings. The minimum atomic E-state index is -1.13. The number of nitrogens with two attached hydrogens (primary N) is 1. The highest BCUT2D eigenvalue weighted by molar-refractivity contribution is 5.84. The summed E-state index contributed by atoms with van der Waals surface area (Å²) in [6.45, 7) is 0. The molecular weight excluding hydrogens is 312 g/mol. The van der Waals surface area contributed by atoms with Crippen molar-refractivity contribution in [1.29, 1.82) is 0 Å². The molecule has 6 N–H and O–H groups in total. The number of imidazole rings is 1. The number of hydrogen-bond acceptors (Lipinski definition) is 5. The largest absolute Gasteiger partial charge is 0.508 e. The van der Waals surface area contributed by atoms with Gasteiger partial charge in [-0.05, 0) is 24.1 Å². The molecule has 0 unspecified atom stereocenters. The molecule has 0 bridgehead atoms. The van der Waals surface area contributed by atoms with Gasteiger partial charge in [0.1, 0.15) is 11.8 Å². The Hall–Kier alpha value is -2.87. The van der Waals surface area contributed by atoms with Gasteiger partial charge in [-0.1, -0.05) is 12.1 Å². The number of amides is 1. The second-order valence-corrected chi connectivity index (χ2v) is 5.56. The number of nitrogens with one attached hydrogen (secondary N) is 2. The Morgan fingerprint density at radius 2 is 1.96 bits per heavy atom. The highest BCUT2D eigenvalue weighted by Gasteiger charge is 2.22. The maximum absolute atomic E-state index is 12.0. The summed E-state index contributed by atoms with van der Waals surface area (Å²) in [6, 6.07) is 5.05. The van der Waals surface area contributed by atoms with Crippen molar-refractivity contribution in [3.8, 4) is 5.75 Å². The molecular formula is C16H20N4O4. The Morgan fingerprint density at radius 3 is 2.54 bits per heavy atom. The molecule has 1 aromatic heterocycles. The van der Waals surface area contributed by atoms with E-state index in [0.29, 0.717) is 12.1 Å². The van der Waals surface area contributed by atoms with E-state index in [2.05, 4.69) is 15.3 Å². The van der Waals surface area contributed by atoms with E-state index in [1.54, 1.807) is 30.5 Å². The maximum Gasteiger partial charge on any atom is 0.326 e. The number of phenolic OH excluding ortho intramolecular Hbond substituents is 1. The first-order chi connectivity index (χ1) is 11.4. The quantitative estimate of drug-likeness (QED) is 0.467. The van der Waals surface area contributed by atoms with E-state index in [1.807, 2.05) is 0 Å². The van der Waals surface area contributed by atoms with Gasteiger partial charge in [-0.15, -0.1) is 0 Å². The van der Waals surface area contributed by atoms with Gasteiger partial charge in [-0.2, -0.15) is 0 Å². The Morgan fingerprint density at radius 1 is 1.25 bits per heavy atom. The number of H-pyrrole nitrogens is 1. The highest BCUT2D eigenvalue weighted by atomic mass is 16.4. The van der Waals surface area contributed by atoms with Crippen molar-refractivity contribution >= 4 is 11.9 Å². The third kappa shape index (κ3) is 5.40. The summed E-state index contributed by atoms with van der Waals surface area (Å²) in [7, 11) is 0. The fourth-order valence-corrected chi connectivity index (χ4v) is 2.31. The first-order valence-corrected chi connectivity index (χ1v) is 7.47. The average molecular weight is 332 g/mol. The minimum absolute atomic E-state index is 0.00518. The van der Waals surface area contributed by atoms with Crippen LogP contribution >= 0.6 is 0 Å². The van der Waals surface area contributed by atoms with Crippen LogP contribution in [0.5, 0.6) is 5.75 Å². The van der Waals surface area contributed by atoms with Crippen molar-refractivity contribution in [2.75, 3.05) is 0 Å². The van der Waals surface area contributed by atoms with Crippen LogP contribution in [-0.2, 0) is 22.4 Å². The molecule has 8 nitrogen and oxygen atoms in total. The van der Waals surface area contributed by atoms with Crippen molar-refractivity contribution in [3.63, 3.8) is 0 Å². The zero-order valence-electron chi connectivity index (χ0n) is 13.0. The standard InChI is InChI=1S/C16H20N4O4/c17-11(5-10-1-3-13(21)4-2-10)6-15(22)20-14(16(23)24)7-12-8-18-9-19-12/h1-4,8-9,11,14,21H,5-7,17H2,(H,18,19)(H,20,22)(H,23,24)/t11-,14+/m0/s1. The van der Waals surface area contributed by atoms with E-state index < -0.39 is 24.0 Å². The van der Waals surface area contributed by atoms with Crippen molar-refractivity contribution in [2.24, 2.45) is 5.73 Å². The maximum atomic E-state index is 12.0. The van der Waals surface area contributed by atoms with Gasteiger partial charge in [-0.3, -0.25) is 4.79 Å². The summed E-state index contributed by atoms with van der Waals surface area (Å²) >= 11 is 0. The predicted molar refractivity (Wildman–Crippen MR) is 86.3 cm³/mol. The monoisotopic (exact) mass is 332 g/mol. The van der Waals surface area contributed by atoms with Gasteiger partial charge in [0.25, 0.3) is 0 Å². The molecule has 0 saturated heterocycles. The number of carboxylic acids is 1. The summed E-state index contributed by atoms with van der Waals surface area (Å²) in [5, 5.41) is 20.9. The van der Waals surface area contributed by atoms with Gasteiger partial charge >= 0.3 is 5.97 Å². The van der Waals surface area contributed by atoms with Crippen LogP contribution in [0.25, 0.3) is 0 Å². The molecule has 1 amide bonds. The molecule has 128 valence electrons. The van der Waals surface area contributed by atoms with Crippen LogP contribution in [0.2, 0.25) is 0 Å². The number of hydrogen-bond donors (Lipinski definition) is 5. The number of carbonyl (C=O) groups is 2. The lowest BCUT2D eigenvalue weighted by Gasteiger charge is -2.16. The van der Waals surface area contributed by atoms with E-state index in [-0.39, 0.29) is 18.6 Å². The average Bonchev–Trinajstić information content (AvgIpc) is 3.01. The molecule has 1 aromatic carbocycles. The topological polar surface area (TPSA) is 141 Å². The first kappa shape index (κ1) is 17.5. The van der Waals surface area contributed by atoms with Crippen LogP contribution in [0, 0.1) is 0 Å². The Balaban J connectivity index is 1.85. The zero-order chi connectivity index (χ0) is 17.5. The zero-order valence-corrected chi connectivity index (χ0v) is 13.0. The molecule has 24 heavy (non-hydrogen) atoms. The predicted octanol–water partition coefficient (Wildman–Crippen LogP) is 0.187. The Labute approximate surface area is 138 Å². The van der Waals surface area contributed by atoms with E-state index >= 15 is 0 Å². The molecule has 2 rings (SSSR count). The lowest BCUT2D eigenvalue weighted by atomic mass is 10.0. The number of phenols is 1. The molecule has 0 saturated carbocycles. The summed E-state index contributed by atoms with van der Waals surface area (Å²) in [5.41, 5.74) is 7.38. The molecule has 2 aromatic rings. The lowest BCUT2D eigenvalue weighted by molar-refractivity contribution is -0.141. The van der Waals surface area contributed by atoms with Gasteiger partial charge in [-0.25, -0.2) is 9.78 Å². The number of aromatic nitrogens is 2. The molecule has 0 radical (unpaired) electrons. The third-order valence-corrected chi connectivity index (χ3v) is 3.48. The second kappa shape index (κ2) is 8.11. The Kier molecular flexibility index (Phi) is 5.91. The summed E-state index contributed by atoms with van der Waals surface area (Å²) < 4.78 is 0. The number of carboxylic acid groups (broad SMARTS) is 1. The van der Waals surface area contributed by atoms with Gasteiger partial charge in [0.15, 0.2) is 0 Å². The van der Waals surface area contributed by atoms with Crippen LogP contribution in [0.15, 0.2) is 36.8 Å². The highest BCUT2D eigenvalue weighted by Crippen LogP contribution is 2.11. The van der Waals surface area contributed by atoms with Crippen LogP contribution in [0.3, 0.4) is 0 Å². The molecule has 0 aliphatic rings. The van der Waals surface area contributed by atoms with Crippen LogP contribution in [-0.4, -0.2) is 44.1 Å². The Bertz CT molecular complexity index is 670. The summed E-state index contributed by atoms with van der Waals surface area (Å²) in [6.07, 6.45) is 3.58. The summed E-state index contributed by atoms with van der Waals surface area (Å²) in [5.74, 6) is -1.39. The van der Waals surface area contributed by atoms with Gasteiger partial charge < -0.3 is 26.2 Å². The number of nitrogens with zero attached hydrogens (tertiary/aromatic N) is 1. The van der Waals surface area contributed by atoms with Crippen molar-refractivity contribution in [2.45, 2.75) is 31.3 Å². The molecule has 2 atom stereocenters. The first-order valence-electron chi connectivity index (χ1n) is 7.47. The van der Waals surface area contributed by atoms with E-state index in [4.69, 9.17) is 5.73 Å². The van der Waals surface area contributed by atoms with Crippen molar-refractivity contribution in [1.82, 2.24) is 15.3 Å². The number of benzene rings is 1. The van der Waals surface area contributed by atoms with Gasteiger partial charge in [0.2, 0.25) is 5.91 Å². The number of carbonyl (C=O) groups excluding carboxylic acids is 1.